The summed E-state index contributed by atoms with van der Waals surface area (Å²) in [5.74, 6) is -0.188. The Kier molecular flexibility index (Phi) is 6.62. The first kappa shape index (κ1) is 8.60. The number of ether oxygens (including phenoxy) is 1. The van der Waals surface area contributed by atoms with Crippen LogP contribution in [0.5, 0.6) is 0 Å². The molecule has 0 fully saturated rings. The zero-order chi connectivity index (χ0) is 14.9. The van der Waals surface area contributed by atoms with Crippen molar-refractivity contribution < 1.29 is 15.0 Å². The lowest BCUT2D eigenvalue weighted by molar-refractivity contribution is -0.140. The number of hydrogen-bond acceptors (Lipinski definition) is 2. The molecule has 0 N–H and O–H groups in total. The van der Waals surface area contributed by atoms with E-state index < -0.39 is 12.7 Å². The number of methoxy groups -OCH3 is 1. The average Bonchev–Trinajstić information content (AvgIpc) is 2.36. The van der Waals surface area contributed by atoms with Crippen LogP contribution >= 0.6 is 0 Å². The smallest absolute Gasteiger partial charge is 0.305 e. The molecule has 0 saturated heterocycles. The topological polar surface area (TPSA) is 26.3 Å². The maximum atomic E-state index is 10.9. The molecule has 0 rings (SSSR count). The molecule has 0 aliphatic carbocycles. The molecular formula is C13H26O2. The van der Waals surface area contributed by atoms with Crippen LogP contribution in [0.1, 0.15) is 76.5 Å². The van der Waals surface area contributed by atoms with E-state index in [1.807, 2.05) is 0 Å². The Hall–Kier alpha value is -0.530. The Morgan fingerprint density at radius 3 is 2.27 bits per heavy atom. The molecule has 0 heterocycles. The molecule has 0 aliphatic rings. The van der Waals surface area contributed by atoms with Crippen LogP contribution < -0.4 is 0 Å². The van der Waals surface area contributed by atoms with Gasteiger partial charge in [-0.05, 0) is 6.42 Å². The maximum absolute atomic E-state index is 10.9. The molecule has 0 unspecified atom stereocenters. The van der Waals surface area contributed by atoms with Gasteiger partial charge in [0.15, 0.2) is 0 Å². The van der Waals surface area contributed by atoms with Crippen LogP contribution in [0.4, 0.5) is 0 Å². The van der Waals surface area contributed by atoms with E-state index in [9.17, 15) is 4.79 Å². The van der Waals surface area contributed by atoms with Crippen molar-refractivity contribution >= 4 is 5.97 Å². The van der Waals surface area contributed by atoms with Gasteiger partial charge in [0.25, 0.3) is 0 Å². The highest BCUT2D eigenvalue weighted by Crippen LogP contribution is 2.10. The second-order valence-corrected chi connectivity index (χ2v) is 3.55. The van der Waals surface area contributed by atoms with Gasteiger partial charge in [-0.3, -0.25) is 4.79 Å². The minimum absolute atomic E-state index is 0.188. The predicted octanol–water partition coefficient (Wildman–Crippen LogP) is 4.08. The summed E-state index contributed by atoms with van der Waals surface area (Å²) in [4.78, 5) is 10.9. The molecule has 0 radical (unpaired) electrons. The molecule has 0 bridgehead atoms. The molecule has 0 saturated carbocycles. The molecule has 2 nitrogen and oxygen atoms in total. The van der Waals surface area contributed by atoms with E-state index >= 15 is 0 Å². The summed E-state index contributed by atoms with van der Waals surface area (Å²) in [6.07, 6.45) is 1.62. The Bertz CT molecular complexity index is 267. The van der Waals surface area contributed by atoms with Crippen molar-refractivity contribution in [3.8, 4) is 0 Å². The first-order valence-electron chi connectivity index (χ1n) is 7.83. The van der Waals surface area contributed by atoms with Crippen molar-refractivity contribution in [2.24, 2.45) is 0 Å². The van der Waals surface area contributed by atoms with Crippen LogP contribution in [0, 0.1) is 0 Å². The number of esters is 1. The molecule has 0 aromatic carbocycles. The summed E-state index contributed by atoms with van der Waals surface area (Å²) >= 11 is 0. The minimum Gasteiger partial charge on any atom is -0.469 e. The Balaban J connectivity index is 3.67. The van der Waals surface area contributed by atoms with Crippen LogP contribution in [0.15, 0.2) is 0 Å². The molecule has 2 heteroatoms. The van der Waals surface area contributed by atoms with Crippen LogP contribution in [0.3, 0.4) is 0 Å². The van der Waals surface area contributed by atoms with Gasteiger partial charge in [-0.15, -0.1) is 0 Å². The lowest BCUT2D eigenvalue weighted by atomic mass is 10.1. The van der Waals surface area contributed by atoms with Crippen molar-refractivity contribution in [1.29, 1.82) is 0 Å². The molecule has 0 aliphatic heterocycles. The largest absolute Gasteiger partial charge is 0.469 e. The zero-order valence-electron chi connectivity index (χ0n) is 14.0. The van der Waals surface area contributed by atoms with Crippen molar-refractivity contribution in [3.05, 3.63) is 0 Å². The summed E-state index contributed by atoms with van der Waals surface area (Å²) in [6.45, 7) is 1.67. The minimum atomic E-state index is -1.76. The van der Waals surface area contributed by atoms with Crippen molar-refractivity contribution in [2.45, 2.75) is 71.0 Å². The molecule has 0 spiro atoms. The lowest BCUT2D eigenvalue weighted by Gasteiger charge is -2.01. The molecule has 0 amide bonds. The summed E-state index contributed by atoms with van der Waals surface area (Å²) in [7, 11) is 1.38. The lowest BCUT2D eigenvalue weighted by Crippen LogP contribution is -1.99. The average molecular weight is 218 g/mol. The third kappa shape index (κ3) is 11.4. The molecular weight excluding hydrogens is 188 g/mol. The summed E-state index contributed by atoms with van der Waals surface area (Å²) in [6, 6.07) is 0. The number of carbonyl (C=O) groups is 1. The molecule has 0 aromatic heterocycles. The highest BCUT2D eigenvalue weighted by Gasteiger charge is 1.98. The van der Waals surface area contributed by atoms with Crippen molar-refractivity contribution in [3.63, 3.8) is 0 Å². The van der Waals surface area contributed by atoms with Gasteiger partial charge in [0.1, 0.15) is 0 Å². The van der Waals surface area contributed by atoms with Gasteiger partial charge in [0.05, 0.1) is 7.11 Å². The van der Waals surface area contributed by atoms with Gasteiger partial charge >= 0.3 is 5.97 Å². The van der Waals surface area contributed by atoms with Gasteiger partial charge in [-0.1, -0.05) is 58.2 Å². The second kappa shape index (κ2) is 11.5. The van der Waals surface area contributed by atoms with Gasteiger partial charge in [0.2, 0.25) is 0 Å². The van der Waals surface area contributed by atoms with Crippen LogP contribution in [0.2, 0.25) is 0 Å². The standard InChI is InChI=1S/C13H26O2/c1-3-4-5-6-7-8-9-10-11-12-13(14)15-2/h3-12H2,1-2H3/i4D2,5D2. The Labute approximate surface area is 100 Å². The Morgan fingerprint density at radius 2 is 1.67 bits per heavy atom. The Morgan fingerprint density at radius 1 is 1.07 bits per heavy atom. The molecule has 0 aromatic rings. The van der Waals surface area contributed by atoms with E-state index in [4.69, 9.17) is 5.48 Å². The van der Waals surface area contributed by atoms with E-state index in [1.54, 1.807) is 6.92 Å². The highest BCUT2D eigenvalue weighted by molar-refractivity contribution is 5.68. The fourth-order valence-corrected chi connectivity index (χ4v) is 1.33. The van der Waals surface area contributed by atoms with Gasteiger partial charge in [-0.2, -0.15) is 0 Å². The van der Waals surface area contributed by atoms with Gasteiger partial charge in [0, 0.05) is 11.9 Å². The normalized spacial score (nSPS) is 16.1. The first-order valence-corrected chi connectivity index (χ1v) is 5.83. The van der Waals surface area contributed by atoms with Crippen LogP contribution in [0.25, 0.3) is 0 Å². The highest BCUT2D eigenvalue weighted by atomic mass is 16.5. The van der Waals surface area contributed by atoms with E-state index in [2.05, 4.69) is 4.74 Å². The van der Waals surface area contributed by atoms with Crippen molar-refractivity contribution in [2.75, 3.05) is 7.11 Å². The summed E-state index contributed by atoms with van der Waals surface area (Å²) in [5.41, 5.74) is 0. The quantitative estimate of drug-likeness (QED) is 0.408. The SMILES string of the molecule is [2H]C([2H])(CC)C([2H])([2H])CCCCCCCC(=O)OC. The fraction of sp³-hybridized carbons (Fsp3) is 0.923. The number of rotatable bonds is 10. The third-order valence-electron chi connectivity index (χ3n) is 2.21. The van der Waals surface area contributed by atoms with E-state index in [-0.39, 0.29) is 18.8 Å². The summed E-state index contributed by atoms with van der Waals surface area (Å²) < 4.78 is 35.3. The third-order valence-corrected chi connectivity index (χ3v) is 2.21. The van der Waals surface area contributed by atoms with E-state index in [1.165, 1.54) is 7.11 Å². The van der Waals surface area contributed by atoms with Crippen LogP contribution in [-0.2, 0) is 9.53 Å². The zero-order valence-corrected chi connectivity index (χ0v) is 9.97. The van der Waals surface area contributed by atoms with Gasteiger partial charge < -0.3 is 4.74 Å². The van der Waals surface area contributed by atoms with Gasteiger partial charge in [-0.25, -0.2) is 0 Å². The fourth-order valence-electron chi connectivity index (χ4n) is 1.33. The van der Waals surface area contributed by atoms with E-state index in [0.29, 0.717) is 12.8 Å². The van der Waals surface area contributed by atoms with Crippen molar-refractivity contribution in [1.82, 2.24) is 0 Å². The van der Waals surface area contributed by atoms with E-state index in [0.717, 1.165) is 25.7 Å². The maximum Gasteiger partial charge on any atom is 0.305 e. The van der Waals surface area contributed by atoms with Crippen LogP contribution in [-0.4, -0.2) is 13.1 Å². The first-order chi connectivity index (χ1) is 8.77. The predicted molar refractivity (Wildman–Crippen MR) is 63.9 cm³/mol. The molecule has 0 atom stereocenters. The molecule has 15 heavy (non-hydrogen) atoms. The number of carbonyl (C=O) groups excluding carboxylic acids is 1. The number of unbranched alkanes of at least 4 members (excludes halogenated alkanes) is 4. The summed E-state index contributed by atoms with van der Waals surface area (Å²) in [5, 5.41) is 0. The monoisotopic (exact) mass is 218 g/mol. The second-order valence-electron chi connectivity index (χ2n) is 3.55. The number of hydrogen-bond donors (Lipinski definition) is 0. The molecule has 90 valence electrons.